The van der Waals surface area contributed by atoms with Crippen LogP contribution in [0.4, 0.5) is 0 Å². The highest BCUT2D eigenvalue weighted by Crippen LogP contribution is 2.55. The van der Waals surface area contributed by atoms with Crippen molar-refractivity contribution < 1.29 is 39.3 Å². The van der Waals surface area contributed by atoms with Gasteiger partial charge >= 0.3 is 0 Å². The van der Waals surface area contributed by atoms with Crippen LogP contribution in [-0.2, 0) is 24.6 Å². The number of phenolic OH excluding ortho intramolecular Hbond substituents is 1. The van der Waals surface area contributed by atoms with Crippen LogP contribution in [-0.4, -0.2) is 92.0 Å². The summed E-state index contributed by atoms with van der Waals surface area (Å²) in [5, 5.41) is 42.3. The van der Waals surface area contributed by atoms with Crippen LogP contribution in [0.5, 0.6) is 5.75 Å². The third-order valence-electron chi connectivity index (χ3n) is 9.42. The monoisotopic (exact) mass is 602 g/mol. The van der Waals surface area contributed by atoms with Crippen LogP contribution in [0, 0.1) is 29.1 Å². The van der Waals surface area contributed by atoms with Gasteiger partial charge in [0.1, 0.15) is 5.75 Å². The first-order chi connectivity index (χ1) is 19.4. The molecule has 8 N–H and O–H groups in total. The van der Waals surface area contributed by atoms with Crippen molar-refractivity contribution in [2.24, 2.45) is 35.1 Å². The Balaban J connectivity index is 1.82. The first-order valence-corrected chi connectivity index (χ1v) is 14.8. The standard InChI is InChI=1S/C29H38N4O8S/c1-11-12-7-8-13(28(2,3)9-6-10-42-27(31)32)20(34)15(12)21(35)16-14(11)22(36)18-19(33(4)5)23(37)17(26(30)40)25(39)29(18,41)24(16)38/h7-8,11,14,16-19,22,34,36,41H,6,9-10H2,1-5H3,(H2,30,40)(H3,31,32)/t11-,14+,16?,17?,18+,19-,22-,29-/m1/s1. The van der Waals surface area contributed by atoms with Crippen molar-refractivity contribution in [1.82, 2.24) is 4.90 Å². The molecule has 0 aliphatic heterocycles. The lowest BCUT2D eigenvalue weighted by Crippen LogP contribution is -2.77. The molecule has 2 fully saturated rings. The quantitative estimate of drug-likeness (QED) is 0.106. The number of ketones is 4. The Bertz CT molecular complexity index is 1390. The maximum atomic E-state index is 14.1. The number of carbonyl (C=O) groups is 5. The highest BCUT2D eigenvalue weighted by Gasteiger charge is 2.72. The molecule has 2 unspecified atom stereocenters. The minimum Gasteiger partial charge on any atom is -0.507 e. The van der Waals surface area contributed by atoms with Gasteiger partial charge < -0.3 is 26.8 Å². The number of phenols is 1. The normalized spacial score (nSPS) is 32.8. The molecule has 4 rings (SSSR count). The van der Waals surface area contributed by atoms with E-state index in [2.05, 4.69) is 0 Å². The smallest absolute Gasteiger partial charge is 0.235 e. The molecule has 0 bridgehead atoms. The summed E-state index contributed by atoms with van der Waals surface area (Å²) in [6.07, 6.45) is -0.426. The molecular formula is C29H38N4O8S. The molecule has 13 heteroatoms. The van der Waals surface area contributed by atoms with E-state index in [0.717, 1.165) is 0 Å². The van der Waals surface area contributed by atoms with Crippen molar-refractivity contribution in [3.05, 3.63) is 28.8 Å². The molecule has 8 atom stereocenters. The molecule has 1 aromatic carbocycles. The van der Waals surface area contributed by atoms with Gasteiger partial charge in [-0.2, -0.15) is 0 Å². The van der Waals surface area contributed by atoms with E-state index in [1.807, 2.05) is 13.8 Å². The number of rotatable bonds is 7. The van der Waals surface area contributed by atoms with E-state index in [1.165, 1.54) is 30.8 Å². The van der Waals surface area contributed by atoms with E-state index in [-0.39, 0.29) is 16.5 Å². The lowest BCUT2D eigenvalue weighted by molar-refractivity contribution is -0.196. The van der Waals surface area contributed by atoms with E-state index >= 15 is 0 Å². The van der Waals surface area contributed by atoms with Crippen LogP contribution in [0.15, 0.2) is 12.1 Å². The second kappa shape index (κ2) is 10.9. The predicted molar refractivity (Wildman–Crippen MR) is 154 cm³/mol. The van der Waals surface area contributed by atoms with Crippen LogP contribution in [0.2, 0.25) is 0 Å². The fraction of sp³-hybridized carbons (Fsp3) is 0.586. The fourth-order valence-corrected chi connectivity index (χ4v) is 7.87. The number of Topliss-reactive ketones (excluding diaryl/α,β-unsaturated/α-hetero) is 4. The molecule has 0 saturated heterocycles. The summed E-state index contributed by atoms with van der Waals surface area (Å²) >= 11 is 1.20. The van der Waals surface area contributed by atoms with E-state index in [0.29, 0.717) is 29.7 Å². The number of hydrogen-bond acceptors (Lipinski definition) is 11. The van der Waals surface area contributed by atoms with E-state index in [4.69, 9.17) is 16.9 Å². The van der Waals surface area contributed by atoms with Crippen molar-refractivity contribution in [2.75, 3.05) is 19.8 Å². The Labute approximate surface area is 247 Å². The molecule has 3 aliphatic rings. The number of benzene rings is 1. The van der Waals surface area contributed by atoms with Gasteiger partial charge in [0.15, 0.2) is 39.8 Å². The summed E-state index contributed by atoms with van der Waals surface area (Å²) in [4.78, 5) is 68.4. The summed E-state index contributed by atoms with van der Waals surface area (Å²) in [5.41, 5.74) is 7.83. The highest BCUT2D eigenvalue weighted by atomic mass is 32.2. The molecule has 0 aromatic heterocycles. The number of primary amides is 1. The number of fused-ring (bicyclic) bond motifs is 3. The molecule has 3 aliphatic carbocycles. The van der Waals surface area contributed by atoms with Crippen LogP contribution >= 0.6 is 11.8 Å². The van der Waals surface area contributed by atoms with Gasteiger partial charge in [-0.15, -0.1) is 0 Å². The Morgan fingerprint density at radius 2 is 1.76 bits per heavy atom. The minimum atomic E-state index is -3.03. The van der Waals surface area contributed by atoms with Crippen LogP contribution < -0.4 is 11.5 Å². The van der Waals surface area contributed by atoms with E-state index < -0.39 is 81.8 Å². The molecule has 0 heterocycles. The third kappa shape index (κ3) is 4.57. The maximum Gasteiger partial charge on any atom is 0.235 e. The number of likely N-dealkylation sites (N-methyl/N-ethyl adjacent to an activating group) is 1. The topological polar surface area (TPSA) is 225 Å². The number of nitrogens with zero attached hydrogens (tertiary/aromatic N) is 1. The van der Waals surface area contributed by atoms with Crippen molar-refractivity contribution in [2.45, 2.75) is 62.7 Å². The number of nitrogens with two attached hydrogens (primary N) is 2. The van der Waals surface area contributed by atoms with Crippen molar-refractivity contribution in [3.63, 3.8) is 0 Å². The number of aromatic hydroxyl groups is 1. The Kier molecular flexibility index (Phi) is 8.22. The third-order valence-corrected chi connectivity index (χ3v) is 10.2. The number of carbonyl (C=O) groups excluding carboxylic acids is 5. The van der Waals surface area contributed by atoms with E-state index in [9.17, 15) is 39.3 Å². The molecule has 0 radical (unpaired) electrons. The summed E-state index contributed by atoms with van der Waals surface area (Å²) < 4.78 is 0. The molecule has 12 nitrogen and oxygen atoms in total. The zero-order chi connectivity index (χ0) is 31.6. The number of aliphatic hydroxyl groups excluding tert-OH is 1. The Morgan fingerprint density at radius 1 is 1.14 bits per heavy atom. The fourth-order valence-electron chi connectivity index (χ4n) is 7.37. The van der Waals surface area contributed by atoms with Gasteiger partial charge in [-0.25, -0.2) is 0 Å². The molecular weight excluding hydrogens is 564 g/mol. The second-order valence-electron chi connectivity index (χ2n) is 12.5. The van der Waals surface area contributed by atoms with Gasteiger partial charge in [0.05, 0.1) is 29.5 Å². The Morgan fingerprint density at radius 3 is 2.31 bits per heavy atom. The first kappa shape index (κ1) is 31.8. The molecule has 2 saturated carbocycles. The van der Waals surface area contributed by atoms with Gasteiger partial charge in [0.2, 0.25) is 5.91 Å². The lowest BCUT2D eigenvalue weighted by Gasteiger charge is -2.56. The number of thioether (sulfide) groups is 1. The summed E-state index contributed by atoms with van der Waals surface area (Å²) in [6, 6.07) is 1.97. The highest BCUT2D eigenvalue weighted by molar-refractivity contribution is 8.13. The van der Waals surface area contributed by atoms with Crippen molar-refractivity contribution in [3.8, 4) is 5.75 Å². The maximum absolute atomic E-state index is 14.1. The molecule has 42 heavy (non-hydrogen) atoms. The molecule has 228 valence electrons. The number of amides is 1. The lowest BCUT2D eigenvalue weighted by atomic mass is 9.49. The second-order valence-corrected chi connectivity index (χ2v) is 13.6. The Hall–Kier alpha value is -3.13. The number of amidine groups is 1. The average Bonchev–Trinajstić information content (AvgIpc) is 2.88. The summed E-state index contributed by atoms with van der Waals surface area (Å²) in [7, 11) is 2.90. The summed E-state index contributed by atoms with van der Waals surface area (Å²) in [6.45, 7) is 5.45. The number of nitrogens with one attached hydrogen (secondary N) is 1. The van der Waals surface area contributed by atoms with Crippen LogP contribution in [0.1, 0.15) is 61.0 Å². The van der Waals surface area contributed by atoms with Gasteiger partial charge in [-0.05, 0) is 43.8 Å². The van der Waals surface area contributed by atoms with Crippen molar-refractivity contribution >= 4 is 46.0 Å². The van der Waals surface area contributed by atoms with Crippen LogP contribution in [0.3, 0.4) is 0 Å². The SMILES string of the molecule is C[C@@H]1c2ccc(C(C)(C)CCCSC(=N)N)c(O)c2C(=O)C2C(=O)[C@@]3(O)C(=O)C(C(N)=O)C(=O)[C@H](N(C)C)[C@H]3[C@H](O)[C@H]21. The zero-order valence-electron chi connectivity index (χ0n) is 24.2. The molecule has 0 spiro atoms. The minimum absolute atomic E-state index is 0.00155. The van der Waals surface area contributed by atoms with Gasteiger partial charge in [-0.1, -0.05) is 44.7 Å². The number of hydrogen-bond donors (Lipinski definition) is 6. The predicted octanol–water partition coefficient (Wildman–Crippen LogP) is 0.0833. The van der Waals surface area contributed by atoms with Gasteiger partial charge in [0, 0.05) is 17.2 Å². The number of aliphatic hydroxyl groups is 2. The molecule has 1 amide bonds. The van der Waals surface area contributed by atoms with Gasteiger partial charge in [0.25, 0.3) is 0 Å². The average molecular weight is 603 g/mol. The van der Waals surface area contributed by atoms with Crippen LogP contribution in [0.25, 0.3) is 0 Å². The molecule has 1 aromatic rings. The van der Waals surface area contributed by atoms with E-state index in [1.54, 1.807) is 19.1 Å². The van der Waals surface area contributed by atoms with Gasteiger partial charge in [-0.3, -0.25) is 34.3 Å². The zero-order valence-corrected chi connectivity index (χ0v) is 25.0. The summed E-state index contributed by atoms with van der Waals surface area (Å²) in [5.74, 6) is -12.8. The van der Waals surface area contributed by atoms with Crippen molar-refractivity contribution in [1.29, 1.82) is 5.41 Å². The largest absolute Gasteiger partial charge is 0.507 e. The first-order valence-electron chi connectivity index (χ1n) is 13.8.